The van der Waals surface area contributed by atoms with Crippen LogP contribution in [-0.4, -0.2) is 35.5 Å². The second-order valence-electron chi connectivity index (χ2n) is 4.91. The number of benzene rings is 1. The molecule has 0 unspecified atom stereocenters. The highest BCUT2D eigenvalue weighted by Crippen LogP contribution is 2.23. The van der Waals surface area contributed by atoms with E-state index in [9.17, 15) is 9.18 Å². The molecule has 0 fully saturated rings. The lowest BCUT2D eigenvalue weighted by atomic mass is 10.2. The van der Waals surface area contributed by atoms with Crippen LogP contribution in [0.3, 0.4) is 0 Å². The maximum absolute atomic E-state index is 13.7. The lowest BCUT2D eigenvalue weighted by molar-refractivity contribution is -0.120. The van der Waals surface area contributed by atoms with Gasteiger partial charge in [0.05, 0.1) is 6.54 Å². The number of amides is 1. The largest absolute Gasteiger partial charge is 0.352 e. The van der Waals surface area contributed by atoms with Gasteiger partial charge in [0, 0.05) is 18.5 Å². The van der Waals surface area contributed by atoms with Gasteiger partial charge in [0.25, 0.3) is 0 Å². The van der Waals surface area contributed by atoms with Gasteiger partial charge in [-0.05, 0) is 26.0 Å². The van der Waals surface area contributed by atoms with Gasteiger partial charge >= 0.3 is 0 Å². The zero-order valence-corrected chi connectivity index (χ0v) is 11.7. The molecular weight excluding hydrogens is 259 g/mol. The van der Waals surface area contributed by atoms with E-state index in [1.165, 1.54) is 12.4 Å². The van der Waals surface area contributed by atoms with Crippen molar-refractivity contribution in [3.63, 3.8) is 0 Å². The summed E-state index contributed by atoms with van der Waals surface area (Å²) in [7, 11) is 1.74. The van der Waals surface area contributed by atoms with Crippen molar-refractivity contribution in [2.75, 3.05) is 18.5 Å². The highest BCUT2D eigenvalue weighted by molar-refractivity contribution is 5.91. The molecule has 0 radical (unpaired) electrons. The van der Waals surface area contributed by atoms with Crippen molar-refractivity contribution in [2.45, 2.75) is 19.9 Å². The smallest absolute Gasteiger partial charge is 0.239 e. The van der Waals surface area contributed by atoms with Crippen LogP contribution < -0.4 is 10.2 Å². The highest BCUT2D eigenvalue weighted by Gasteiger charge is 2.14. The molecule has 0 spiro atoms. The molecule has 0 saturated carbocycles. The molecule has 1 aromatic heterocycles. The number of rotatable bonds is 4. The first kappa shape index (κ1) is 14.2. The Balaban J connectivity index is 2.29. The Labute approximate surface area is 116 Å². The monoisotopic (exact) mass is 276 g/mol. The quantitative estimate of drug-likeness (QED) is 0.924. The fourth-order valence-electron chi connectivity index (χ4n) is 2.00. The fourth-order valence-corrected chi connectivity index (χ4v) is 2.00. The Morgan fingerprint density at radius 1 is 1.40 bits per heavy atom. The third-order valence-electron chi connectivity index (χ3n) is 2.79. The Hall–Kier alpha value is -2.24. The van der Waals surface area contributed by atoms with E-state index in [0.717, 1.165) is 0 Å². The Morgan fingerprint density at radius 3 is 2.85 bits per heavy atom. The lowest BCUT2D eigenvalue weighted by Crippen LogP contribution is -2.38. The van der Waals surface area contributed by atoms with E-state index >= 15 is 0 Å². The number of aromatic nitrogens is 2. The average molecular weight is 276 g/mol. The van der Waals surface area contributed by atoms with Crippen LogP contribution in [0.1, 0.15) is 13.8 Å². The maximum Gasteiger partial charge on any atom is 0.239 e. The van der Waals surface area contributed by atoms with E-state index in [1.54, 1.807) is 24.1 Å². The van der Waals surface area contributed by atoms with Gasteiger partial charge in [-0.3, -0.25) is 4.79 Å². The van der Waals surface area contributed by atoms with Crippen LogP contribution >= 0.6 is 0 Å². The molecule has 1 heterocycles. The number of para-hydroxylation sites is 1. The molecule has 5 nitrogen and oxygen atoms in total. The average Bonchev–Trinajstić information content (AvgIpc) is 2.37. The molecule has 2 aromatic rings. The molecule has 0 bridgehead atoms. The SMILES string of the molecule is CC(C)NC(=O)CN(C)c1ncnc2c(F)cccc12. The summed E-state index contributed by atoms with van der Waals surface area (Å²) >= 11 is 0. The first-order chi connectivity index (χ1) is 9.49. The van der Waals surface area contributed by atoms with Crippen LogP contribution in [0, 0.1) is 5.82 Å². The maximum atomic E-state index is 13.7. The summed E-state index contributed by atoms with van der Waals surface area (Å²) in [5.74, 6) is 0.0326. The van der Waals surface area contributed by atoms with Crippen LogP contribution in [-0.2, 0) is 4.79 Å². The van der Waals surface area contributed by atoms with Gasteiger partial charge in [-0.15, -0.1) is 0 Å². The Bertz CT molecular complexity index is 630. The second-order valence-corrected chi connectivity index (χ2v) is 4.91. The Morgan fingerprint density at radius 2 is 2.15 bits per heavy atom. The van der Waals surface area contributed by atoms with Crippen molar-refractivity contribution in [1.29, 1.82) is 0 Å². The summed E-state index contributed by atoms with van der Waals surface area (Å²) in [4.78, 5) is 21.5. The molecule has 1 amide bonds. The number of hydrogen-bond donors (Lipinski definition) is 1. The van der Waals surface area contributed by atoms with Gasteiger partial charge in [-0.2, -0.15) is 0 Å². The molecule has 0 aliphatic rings. The summed E-state index contributed by atoms with van der Waals surface area (Å²) in [6, 6.07) is 4.78. The predicted molar refractivity (Wildman–Crippen MR) is 76.0 cm³/mol. The summed E-state index contributed by atoms with van der Waals surface area (Å²) in [5.41, 5.74) is 0.258. The molecule has 2 rings (SSSR count). The number of carbonyl (C=O) groups excluding carboxylic acids is 1. The minimum atomic E-state index is -0.397. The normalized spacial score (nSPS) is 10.8. The summed E-state index contributed by atoms with van der Waals surface area (Å²) in [6.07, 6.45) is 1.30. The minimum Gasteiger partial charge on any atom is -0.352 e. The zero-order chi connectivity index (χ0) is 14.7. The van der Waals surface area contributed by atoms with E-state index in [1.807, 2.05) is 13.8 Å². The third kappa shape index (κ3) is 3.01. The molecular formula is C14H17FN4O. The molecule has 1 aromatic carbocycles. The van der Waals surface area contributed by atoms with Crippen LogP contribution in [0.25, 0.3) is 10.9 Å². The minimum absolute atomic E-state index is 0.0792. The third-order valence-corrected chi connectivity index (χ3v) is 2.79. The van der Waals surface area contributed by atoms with Crippen LogP contribution in [0.2, 0.25) is 0 Å². The fraction of sp³-hybridized carbons (Fsp3) is 0.357. The number of carbonyl (C=O) groups is 1. The number of anilines is 1. The number of halogens is 1. The summed E-state index contributed by atoms with van der Waals surface area (Å²) < 4.78 is 13.7. The van der Waals surface area contributed by atoms with Crippen molar-refractivity contribution in [1.82, 2.24) is 15.3 Å². The molecule has 106 valence electrons. The number of nitrogens with one attached hydrogen (secondary N) is 1. The van der Waals surface area contributed by atoms with E-state index in [4.69, 9.17) is 0 Å². The summed E-state index contributed by atoms with van der Waals surface area (Å²) in [6.45, 7) is 3.95. The molecule has 1 N–H and O–H groups in total. The molecule has 0 aliphatic heterocycles. The van der Waals surface area contributed by atoms with Crippen LogP contribution in [0.4, 0.5) is 10.2 Å². The topological polar surface area (TPSA) is 58.1 Å². The number of likely N-dealkylation sites (N-methyl/N-ethyl adjacent to an activating group) is 1. The lowest BCUT2D eigenvalue weighted by Gasteiger charge is -2.20. The molecule has 20 heavy (non-hydrogen) atoms. The number of hydrogen-bond acceptors (Lipinski definition) is 4. The number of fused-ring (bicyclic) bond motifs is 1. The predicted octanol–water partition coefficient (Wildman–Crippen LogP) is 1.73. The Kier molecular flexibility index (Phi) is 4.12. The van der Waals surface area contributed by atoms with Crippen molar-refractivity contribution in [2.24, 2.45) is 0 Å². The van der Waals surface area contributed by atoms with Crippen LogP contribution in [0.15, 0.2) is 24.5 Å². The zero-order valence-electron chi connectivity index (χ0n) is 11.7. The van der Waals surface area contributed by atoms with Gasteiger partial charge in [0.2, 0.25) is 5.91 Å². The first-order valence-electron chi connectivity index (χ1n) is 6.38. The van der Waals surface area contributed by atoms with Crippen molar-refractivity contribution in [3.05, 3.63) is 30.3 Å². The molecule has 0 aliphatic carbocycles. The van der Waals surface area contributed by atoms with E-state index in [2.05, 4.69) is 15.3 Å². The summed E-state index contributed by atoms with van der Waals surface area (Å²) in [5, 5.41) is 3.39. The first-order valence-corrected chi connectivity index (χ1v) is 6.38. The van der Waals surface area contributed by atoms with Crippen molar-refractivity contribution < 1.29 is 9.18 Å². The van der Waals surface area contributed by atoms with E-state index < -0.39 is 5.82 Å². The van der Waals surface area contributed by atoms with Gasteiger partial charge in [0.1, 0.15) is 23.5 Å². The number of nitrogens with zero attached hydrogens (tertiary/aromatic N) is 3. The van der Waals surface area contributed by atoms with Crippen LogP contribution in [0.5, 0.6) is 0 Å². The van der Waals surface area contributed by atoms with Crippen molar-refractivity contribution >= 4 is 22.6 Å². The van der Waals surface area contributed by atoms with Crippen molar-refractivity contribution in [3.8, 4) is 0 Å². The molecule has 6 heteroatoms. The van der Waals surface area contributed by atoms with Gasteiger partial charge in [-0.1, -0.05) is 6.07 Å². The van der Waals surface area contributed by atoms with Gasteiger partial charge in [-0.25, -0.2) is 14.4 Å². The molecule has 0 atom stereocenters. The van der Waals surface area contributed by atoms with E-state index in [0.29, 0.717) is 11.2 Å². The highest BCUT2D eigenvalue weighted by atomic mass is 19.1. The molecule has 0 saturated heterocycles. The second kappa shape index (κ2) is 5.81. The van der Waals surface area contributed by atoms with Gasteiger partial charge < -0.3 is 10.2 Å². The standard InChI is InChI=1S/C14H17FN4O/c1-9(2)18-12(20)7-19(3)14-10-5-4-6-11(15)13(10)16-8-17-14/h4-6,8-9H,7H2,1-3H3,(H,18,20). The van der Waals surface area contributed by atoms with E-state index in [-0.39, 0.29) is 24.0 Å². The van der Waals surface area contributed by atoms with Gasteiger partial charge in [0.15, 0.2) is 0 Å².